The lowest BCUT2D eigenvalue weighted by Gasteiger charge is -2.13. The van der Waals surface area contributed by atoms with Crippen molar-refractivity contribution in [2.75, 3.05) is 0 Å². The maximum absolute atomic E-state index is 13.3. The zero-order valence-electron chi connectivity index (χ0n) is 10.9. The van der Waals surface area contributed by atoms with Gasteiger partial charge in [0.15, 0.2) is 0 Å². The van der Waals surface area contributed by atoms with Crippen molar-refractivity contribution in [1.29, 1.82) is 0 Å². The van der Waals surface area contributed by atoms with Crippen LogP contribution in [-0.2, 0) is 6.18 Å². The van der Waals surface area contributed by atoms with Crippen LogP contribution in [0, 0.1) is 6.92 Å². The SMILES string of the molecule is Cc1nc2c(-c3cccc(Br)c3)c(C(F)(F)F)ccc2[nH]1. The monoisotopic (exact) mass is 354 g/mol. The Hall–Kier alpha value is -1.82. The van der Waals surface area contributed by atoms with Crippen molar-refractivity contribution in [2.24, 2.45) is 0 Å². The molecule has 0 spiro atoms. The summed E-state index contributed by atoms with van der Waals surface area (Å²) in [5, 5.41) is 0. The Bertz CT molecular complexity index is 821. The van der Waals surface area contributed by atoms with E-state index in [1.54, 1.807) is 31.2 Å². The van der Waals surface area contributed by atoms with Crippen LogP contribution in [0.4, 0.5) is 13.2 Å². The lowest BCUT2D eigenvalue weighted by Crippen LogP contribution is -2.07. The number of benzene rings is 2. The quantitative estimate of drug-likeness (QED) is 0.629. The largest absolute Gasteiger partial charge is 0.417 e. The fraction of sp³-hybridized carbons (Fsp3) is 0.133. The van der Waals surface area contributed by atoms with Crippen molar-refractivity contribution >= 4 is 27.0 Å². The number of nitrogens with zero attached hydrogens (tertiary/aromatic N) is 1. The number of aromatic amines is 1. The molecule has 1 heterocycles. The molecule has 0 saturated heterocycles. The van der Waals surface area contributed by atoms with Gasteiger partial charge in [0.25, 0.3) is 0 Å². The summed E-state index contributed by atoms with van der Waals surface area (Å²) in [7, 11) is 0. The Balaban J connectivity index is 2.41. The van der Waals surface area contributed by atoms with E-state index in [1.807, 2.05) is 0 Å². The van der Waals surface area contributed by atoms with Gasteiger partial charge in [-0.15, -0.1) is 0 Å². The van der Waals surface area contributed by atoms with Gasteiger partial charge in [-0.05, 0) is 36.8 Å². The van der Waals surface area contributed by atoms with Crippen LogP contribution in [0.2, 0.25) is 0 Å². The van der Waals surface area contributed by atoms with E-state index in [0.29, 0.717) is 22.4 Å². The van der Waals surface area contributed by atoms with Crippen LogP contribution >= 0.6 is 15.9 Å². The molecule has 1 N–H and O–H groups in total. The minimum atomic E-state index is -4.43. The standard InChI is InChI=1S/C15H10BrF3N2/c1-8-20-12-6-5-11(15(17,18)19)13(14(12)21-8)9-3-2-4-10(16)7-9/h2-7H,1H3,(H,20,21). The minimum Gasteiger partial charge on any atom is -0.342 e. The van der Waals surface area contributed by atoms with Crippen molar-refractivity contribution in [3.63, 3.8) is 0 Å². The molecule has 0 aliphatic rings. The molecule has 2 aromatic carbocycles. The number of nitrogens with one attached hydrogen (secondary N) is 1. The molecule has 0 aliphatic heterocycles. The average Bonchev–Trinajstić information content (AvgIpc) is 2.76. The Morgan fingerprint density at radius 1 is 1.14 bits per heavy atom. The topological polar surface area (TPSA) is 28.7 Å². The van der Waals surface area contributed by atoms with Gasteiger partial charge in [-0.3, -0.25) is 0 Å². The molecule has 0 fully saturated rings. The lowest BCUT2D eigenvalue weighted by molar-refractivity contribution is -0.137. The molecule has 0 bridgehead atoms. The van der Waals surface area contributed by atoms with E-state index >= 15 is 0 Å². The van der Waals surface area contributed by atoms with E-state index in [-0.39, 0.29) is 5.56 Å². The minimum absolute atomic E-state index is 0.102. The summed E-state index contributed by atoms with van der Waals surface area (Å²) in [5.41, 5.74) is 0.829. The fourth-order valence-electron chi connectivity index (χ4n) is 2.37. The second kappa shape index (κ2) is 4.87. The number of H-pyrrole nitrogens is 1. The van der Waals surface area contributed by atoms with E-state index in [9.17, 15) is 13.2 Å². The highest BCUT2D eigenvalue weighted by Crippen LogP contribution is 2.41. The maximum atomic E-state index is 13.3. The van der Waals surface area contributed by atoms with E-state index in [4.69, 9.17) is 0 Å². The first-order chi connectivity index (χ1) is 9.86. The first-order valence-electron chi connectivity index (χ1n) is 6.19. The first kappa shape index (κ1) is 14.1. The van der Waals surface area contributed by atoms with Crippen LogP contribution in [0.5, 0.6) is 0 Å². The molecule has 21 heavy (non-hydrogen) atoms. The third-order valence-electron chi connectivity index (χ3n) is 3.19. The summed E-state index contributed by atoms with van der Waals surface area (Å²) < 4.78 is 40.7. The first-order valence-corrected chi connectivity index (χ1v) is 6.98. The van der Waals surface area contributed by atoms with Crippen molar-refractivity contribution in [3.8, 4) is 11.1 Å². The number of halogens is 4. The smallest absolute Gasteiger partial charge is 0.342 e. The van der Waals surface area contributed by atoms with E-state index in [0.717, 1.165) is 10.5 Å². The number of alkyl halides is 3. The van der Waals surface area contributed by atoms with Crippen LogP contribution in [0.1, 0.15) is 11.4 Å². The van der Waals surface area contributed by atoms with Gasteiger partial charge < -0.3 is 4.98 Å². The third kappa shape index (κ3) is 2.55. The van der Waals surface area contributed by atoms with Crippen LogP contribution in [0.3, 0.4) is 0 Å². The van der Waals surface area contributed by atoms with E-state index < -0.39 is 11.7 Å². The number of hydrogen-bond donors (Lipinski definition) is 1. The van der Waals surface area contributed by atoms with E-state index in [2.05, 4.69) is 25.9 Å². The van der Waals surface area contributed by atoms with Crippen LogP contribution in [0.25, 0.3) is 22.2 Å². The molecule has 0 aliphatic carbocycles. The maximum Gasteiger partial charge on any atom is 0.417 e. The molecule has 0 amide bonds. The molecule has 0 saturated carbocycles. The second-order valence-corrected chi connectivity index (χ2v) is 5.63. The molecule has 6 heteroatoms. The number of hydrogen-bond acceptors (Lipinski definition) is 1. The van der Waals surface area contributed by atoms with Crippen molar-refractivity contribution in [1.82, 2.24) is 9.97 Å². The zero-order valence-corrected chi connectivity index (χ0v) is 12.5. The van der Waals surface area contributed by atoms with Crippen LogP contribution in [0.15, 0.2) is 40.9 Å². The summed E-state index contributed by atoms with van der Waals surface area (Å²) in [6.07, 6.45) is -4.43. The number of rotatable bonds is 1. The third-order valence-corrected chi connectivity index (χ3v) is 3.68. The van der Waals surface area contributed by atoms with Crippen molar-refractivity contribution in [3.05, 3.63) is 52.3 Å². The average molecular weight is 355 g/mol. The Kier molecular flexibility index (Phi) is 3.28. The Morgan fingerprint density at radius 2 is 1.90 bits per heavy atom. The molecular formula is C15H10BrF3N2. The molecule has 0 unspecified atom stereocenters. The number of aryl methyl sites for hydroxylation is 1. The van der Waals surface area contributed by atoms with Gasteiger partial charge in [0, 0.05) is 10.0 Å². The zero-order chi connectivity index (χ0) is 15.2. The highest BCUT2D eigenvalue weighted by Gasteiger charge is 2.35. The highest BCUT2D eigenvalue weighted by molar-refractivity contribution is 9.10. The lowest BCUT2D eigenvalue weighted by atomic mass is 9.97. The summed E-state index contributed by atoms with van der Waals surface area (Å²) in [4.78, 5) is 7.19. The molecule has 108 valence electrons. The Morgan fingerprint density at radius 3 is 2.57 bits per heavy atom. The molecular weight excluding hydrogens is 345 g/mol. The van der Waals surface area contributed by atoms with Gasteiger partial charge in [-0.1, -0.05) is 28.1 Å². The van der Waals surface area contributed by atoms with Gasteiger partial charge in [-0.2, -0.15) is 13.2 Å². The predicted octanol–water partition coefficient (Wildman–Crippen LogP) is 5.32. The molecule has 1 aromatic heterocycles. The number of fused-ring (bicyclic) bond motifs is 1. The van der Waals surface area contributed by atoms with Crippen LogP contribution < -0.4 is 0 Å². The molecule has 2 nitrogen and oxygen atoms in total. The summed E-state index contributed by atoms with van der Waals surface area (Å²) in [6.45, 7) is 1.72. The fourth-order valence-corrected chi connectivity index (χ4v) is 2.77. The summed E-state index contributed by atoms with van der Waals surface area (Å²) >= 11 is 3.29. The van der Waals surface area contributed by atoms with Crippen molar-refractivity contribution in [2.45, 2.75) is 13.1 Å². The van der Waals surface area contributed by atoms with Gasteiger partial charge in [0.1, 0.15) is 5.82 Å². The Labute approximate surface area is 127 Å². The highest BCUT2D eigenvalue weighted by atomic mass is 79.9. The van der Waals surface area contributed by atoms with Gasteiger partial charge in [0.05, 0.1) is 16.6 Å². The summed E-state index contributed by atoms with van der Waals surface area (Å²) in [5.74, 6) is 0.584. The normalized spacial score (nSPS) is 12.0. The summed E-state index contributed by atoms with van der Waals surface area (Å²) in [6, 6.07) is 9.30. The molecule has 0 atom stereocenters. The molecule has 0 radical (unpaired) electrons. The number of imidazole rings is 1. The molecule has 3 aromatic rings. The van der Waals surface area contributed by atoms with E-state index in [1.165, 1.54) is 6.07 Å². The van der Waals surface area contributed by atoms with Crippen molar-refractivity contribution < 1.29 is 13.2 Å². The molecule has 3 rings (SSSR count). The van der Waals surface area contributed by atoms with Gasteiger partial charge in [-0.25, -0.2) is 4.98 Å². The predicted molar refractivity (Wildman–Crippen MR) is 79.0 cm³/mol. The second-order valence-electron chi connectivity index (χ2n) is 4.71. The van der Waals surface area contributed by atoms with Gasteiger partial charge >= 0.3 is 6.18 Å². The van der Waals surface area contributed by atoms with Crippen LogP contribution in [-0.4, -0.2) is 9.97 Å². The van der Waals surface area contributed by atoms with Gasteiger partial charge in [0.2, 0.25) is 0 Å². The number of aromatic nitrogens is 2.